The number of aliphatic hydroxyl groups is 1. The van der Waals surface area contributed by atoms with Gasteiger partial charge >= 0.3 is 0 Å². The van der Waals surface area contributed by atoms with E-state index in [-0.39, 0.29) is 6.61 Å². The van der Waals surface area contributed by atoms with Crippen molar-refractivity contribution in [1.82, 2.24) is 5.32 Å². The molecule has 0 aliphatic heterocycles. The Morgan fingerprint density at radius 2 is 1.65 bits per heavy atom. The van der Waals surface area contributed by atoms with Crippen LogP contribution in [-0.2, 0) is 6.42 Å². The Bertz CT molecular complexity index is 311. The van der Waals surface area contributed by atoms with Crippen LogP contribution in [0.5, 0.6) is 5.75 Å². The second-order valence-corrected chi connectivity index (χ2v) is 4.69. The van der Waals surface area contributed by atoms with Crippen molar-refractivity contribution in [3.05, 3.63) is 29.8 Å². The summed E-state index contributed by atoms with van der Waals surface area (Å²) in [6, 6.07) is 8.15. The Labute approximate surface area is 103 Å². The first-order chi connectivity index (χ1) is 8.11. The molecule has 3 heteroatoms. The molecule has 0 aliphatic rings. The fourth-order valence-corrected chi connectivity index (χ4v) is 1.89. The molecule has 0 spiro atoms. The molecule has 0 fully saturated rings. The van der Waals surface area contributed by atoms with E-state index in [9.17, 15) is 5.11 Å². The zero-order valence-corrected chi connectivity index (χ0v) is 10.7. The molecule has 17 heavy (non-hydrogen) atoms. The Morgan fingerprint density at radius 3 is 2.24 bits per heavy atom. The number of nitrogens with one attached hydrogen (secondary N) is 1. The summed E-state index contributed by atoms with van der Waals surface area (Å²) >= 11 is 0. The molecule has 1 aromatic rings. The van der Waals surface area contributed by atoms with Crippen molar-refractivity contribution in [1.29, 1.82) is 0 Å². The summed E-state index contributed by atoms with van der Waals surface area (Å²) in [6.07, 6.45) is 2.85. The van der Waals surface area contributed by atoms with E-state index in [0.717, 1.165) is 19.3 Å². The first-order valence-corrected chi connectivity index (χ1v) is 6.26. The van der Waals surface area contributed by atoms with Crippen LogP contribution in [0.15, 0.2) is 24.3 Å². The van der Waals surface area contributed by atoms with Gasteiger partial charge in [-0.1, -0.05) is 12.1 Å². The molecule has 0 bridgehead atoms. The van der Waals surface area contributed by atoms with E-state index in [1.165, 1.54) is 5.56 Å². The molecule has 0 heterocycles. The number of rotatable bonds is 7. The van der Waals surface area contributed by atoms with Gasteiger partial charge in [0.15, 0.2) is 0 Å². The van der Waals surface area contributed by atoms with E-state index in [4.69, 9.17) is 5.11 Å². The predicted octanol–water partition coefficient (Wildman–Crippen LogP) is 2.07. The van der Waals surface area contributed by atoms with Crippen molar-refractivity contribution in [3.63, 3.8) is 0 Å². The molecule has 0 saturated heterocycles. The topological polar surface area (TPSA) is 52.5 Å². The summed E-state index contributed by atoms with van der Waals surface area (Å²) in [5.74, 6) is 0.316. The maximum Gasteiger partial charge on any atom is 0.115 e. The van der Waals surface area contributed by atoms with Gasteiger partial charge in [-0.25, -0.2) is 0 Å². The van der Waals surface area contributed by atoms with E-state index in [1.807, 2.05) is 12.1 Å². The molecule has 1 rings (SSSR count). The molecular formula is C14H23NO2. The van der Waals surface area contributed by atoms with Crippen molar-refractivity contribution in [2.24, 2.45) is 0 Å². The Morgan fingerprint density at radius 1 is 1.06 bits per heavy atom. The zero-order valence-electron chi connectivity index (χ0n) is 10.7. The molecule has 2 unspecified atom stereocenters. The highest BCUT2D eigenvalue weighted by Gasteiger charge is 2.06. The van der Waals surface area contributed by atoms with E-state index in [0.29, 0.717) is 17.8 Å². The van der Waals surface area contributed by atoms with E-state index in [2.05, 4.69) is 19.2 Å². The van der Waals surface area contributed by atoms with Gasteiger partial charge in [-0.2, -0.15) is 0 Å². The molecule has 0 radical (unpaired) electrons. The number of phenolic OH excluding ortho intramolecular Hbond substituents is 1. The molecule has 0 amide bonds. The van der Waals surface area contributed by atoms with E-state index in [1.54, 1.807) is 12.1 Å². The number of phenols is 1. The molecule has 0 aromatic heterocycles. The average Bonchev–Trinajstić information content (AvgIpc) is 2.28. The van der Waals surface area contributed by atoms with Crippen LogP contribution in [0.1, 0.15) is 32.3 Å². The van der Waals surface area contributed by atoms with Crippen LogP contribution >= 0.6 is 0 Å². The SMILES string of the molecule is CC(CCO)NC(C)CCc1ccc(O)cc1. The molecule has 2 atom stereocenters. The van der Waals surface area contributed by atoms with Crippen molar-refractivity contribution in [2.75, 3.05) is 6.61 Å². The van der Waals surface area contributed by atoms with E-state index < -0.39 is 0 Å². The van der Waals surface area contributed by atoms with Crippen LogP contribution < -0.4 is 5.32 Å². The summed E-state index contributed by atoms with van der Waals surface area (Å²) in [7, 11) is 0. The minimum absolute atomic E-state index is 0.235. The maximum atomic E-state index is 9.18. The van der Waals surface area contributed by atoms with Gasteiger partial charge in [0.2, 0.25) is 0 Å². The minimum atomic E-state index is 0.235. The van der Waals surface area contributed by atoms with Crippen molar-refractivity contribution in [3.8, 4) is 5.75 Å². The van der Waals surface area contributed by atoms with Crippen LogP contribution in [-0.4, -0.2) is 28.9 Å². The van der Waals surface area contributed by atoms with E-state index >= 15 is 0 Å². The Hall–Kier alpha value is -1.06. The number of benzene rings is 1. The summed E-state index contributed by atoms with van der Waals surface area (Å²) < 4.78 is 0. The Balaban J connectivity index is 2.27. The number of hydrogen-bond donors (Lipinski definition) is 3. The van der Waals surface area contributed by atoms with Crippen molar-refractivity contribution < 1.29 is 10.2 Å². The second kappa shape index (κ2) is 7.30. The van der Waals surface area contributed by atoms with Crippen LogP contribution in [0, 0.1) is 0 Å². The Kier molecular flexibility index (Phi) is 6.01. The normalized spacial score (nSPS) is 14.5. The summed E-state index contributed by atoms with van der Waals surface area (Å²) in [4.78, 5) is 0. The van der Waals surface area contributed by atoms with Gasteiger partial charge < -0.3 is 15.5 Å². The maximum absolute atomic E-state index is 9.18. The average molecular weight is 237 g/mol. The highest BCUT2D eigenvalue weighted by molar-refractivity contribution is 5.25. The van der Waals surface area contributed by atoms with Gasteiger partial charge in [0.1, 0.15) is 5.75 Å². The molecule has 96 valence electrons. The van der Waals surface area contributed by atoms with Crippen molar-refractivity contribution >= 4 is 0 Å². The molecule has 3 nitrogen and oxygen atoms in total. The summed E-state index contributed by atoms with van der Waals surface area (Å²) in [5, 5.41) is 21.4. The fourth-order valence-electron chi connectivity index (χ4n) is 1.89. The van der Waals surface area contributed by atoms with Crippen molar-refractivity contribution in [2.45, 2.75) is 45.2 Å². The lowest BCUT2D eigenvalue weighted by Crippen LogP contribution is -2.35. The lowest BCUT2D eigenvalue weighted by Gasteiger charge is -2.19. The molecule has 0 saturated carbocycles. The number of aromatic hydroxyl groups is 1. The molecule has 1 aromatic carbocycles. The van der Waals surface area contributed by atoms with Crippen LogP contribution in [0.3, 0.4) is 0 Å². The molecule has 0 aliphatic carbocycles. The smallest absolute Gasteiger partial charge is 0.115 e. The first kappa shape index (κ1) is 14.0. The first-order valence-electron chi connectivity index (χ1n) is 6.26. The third kappa shape index (κ3) is 5.71. The second-order valence-electron chi connectivity index (χ2n) is 4.69. The van der Waals surface area contributed by atoms with Gasteiger partial charge in [-0.3, -0.25) is 0 Å². The summed E-state index contributed by atoms with van der Waals surface area (Å²) in [5.41, 5.74) is 1.24. The van der Waals surface area contributed by atoms with Gasteiger partial charge in [-0.15, -0.1) is 0 Å². The van der Waals surface area contributed by atoms with Gasteiger partial charge in [0.05, 0.1) is 0 Å². The zero-order chi connectivity index (χ0) is 12.7. The minimum Gasteiger partial charge on any atom is -0.508 e. The largest absolute Gasteiger partial charge is 0.508 e. The number of aryl methyl sites for hydroxylation is 1. The molecular weight excluding hydrogens is 214 g/mol. The quantitative estimate of drug-likeness (QED) is 0.680. The third-order valence-electron chi connectivity index (χ3n) is 2.93. The lowest BCUT2D eigenvalue weighted by atomic mass is 10.1. The van der Waals surface area contributed by atoms with Gasteiger partial charge in [0.25, 0.3) is 0 Å². The summed E-state index contributed by atoms with van der Waals surface area (Å²) in [6.45, 7) is 4.49. The molecule has 3 N–H and O–H groups in total. The lowest BCUT2D eigenvalue weighted by molar-refractivity contribution is 0.263. The van der Waals surface area contributed by atoms with Crippen LogP contribution in [0.4, 0.5) is 0 Å². The highest BCUT2D eigenvalue weighted by atomic mass is 16.3. The predicted molar refractivity (Wildman–Crippen MR) is 70.2 cm³/mol. The van der Waals surface area contributed by atoms with Gasteiger partial charge in [-0.05, 0) is 50.8 Å². The van der Waals surface area contributed by atoms with Crippen LogP contribution in [0.2, 0.25) is 0 Å². The monoisotopic (exact) mass is 237 g/mol. The number of aliphatic hydroxyl groups excluding tert-OH is 1. The number of hydrogen-bond acceptors (Lipinski definition) is 3. The highest BCUT2D eigenvalue weighted by Crippen LogP contribution is 2.12. The van der Waals surface area contributed by atoms with Crippen LogP contribution in [0.25, 0.3) is 0 Å². The standard InChI is InChI=1S/C14H23NO2/c1-11(15-12(2)9-10-16)3-4-13-5-7-14(17)8-6-13/h5-8,11-12,15-17H,3-4,9-10H2,1-2H3. The third-order valence-corrected chi connectivity index (χ3v) is 2.93. The fraction of sp³-hybridized carbons (Fsp3) is 0.571. The van der Waals surface area contributed by atoms with Gasteiger partial charge in [0, 0.05) is 18.7 Å².